The summed E-state index contributed by atoms with van der Waals surface area (Å²) in [4.78, 5) is 13.4. The molecular weight excluding hydrogens is 1110 g/mol. The third-order valence-electron chi connectivity index (χ3n) is 14.4. The molecule has 0 bridgehead atoms. The number of nitrogens with zero attached hydrogens (tertiary/aromatic N) is 3. The van der Waals surface area contributed by atoms with Crippen LogP contribution in [-0.4, -0.2) is 155 Å². The lowest BCUT2D eigenvalue weighted by Gasteiger charge is -2.18. The molecule has 6 aromatic carbocycles. The van der Waals surface area contributed by atoms with Crippen LogP contribution in [0.25, 0.3) is 32.7 Å². The van der Waals surface area contributed by atoms with Crippen molar-refractivity contribution in [1.82, 2.24) is 15.0 Å². The second kappa shape index (κ2) is 32.9. The maximum absolute atomic E-state index is 6.40. The zero-order valence-corrected chi connectivity index (χ0v) is 49.7. The predicted octanol–water partition coefficient (Wildman–Crippen LogP) is 10.9. The fourth-order valence-electron chi connectivity index (χ4n) is 10.2. The smallest absolute Gasteiger partial charge is 0.161 e. The second-order valence-corrected chi connectivity index (χ2v) is 20.1. The van der Waals surface area contributed by atoms with Gasteiger partial charge in [0.25, 0.3) is 0 Å². The molecule has 0 saturated carbocycles. The topological polar surface area (TPSA) is 177 Å². The summed E-state index contributed by atoms with van der Waals surface area (Å²) in [5.74, 6) is 5.85. The molecule has 456 valence electrons. The molecule has 0 amide bonds. The summed E-state index contributed by atoms with van der Waals surface area (Å²) in [6.45, 7) is 6.81. The molecular formula is C69H75N3O15. The van der Waals surface area contributed by atoms with Gasteiger partial charge in [0.15, 0.2) is 34.5 Å². The van der Waals surface area contributed by atoms with Crippen molar-refractivity contribution in [2.24, 2.45) is 0 Å². The summed E-state index contributed by atoms with van der Waals surface area (Å²) in [6.07, 6.45) is 7.02. The van der Waals surface area contributed by atoms with Crippen LogP contribution in [0.2, 0.25) is 0 Å². The molecule has 0 N–H and O–H groups in total. The molecule has 0 atom stereocenters. The van der Waals surface area contributed by atoms with Gasteiger partial charge in [0.1, 0.15) is 73.4 Å². The van der Waals surface area contributed by atoms with Crippen LogP contribution in [0.1, 0.15) is 33.4 Å². The lowest BCUT2D eigenvalue weighted by molar-refractivity contribution is 0.0272. The molecule has 18 nitrogen and oxygen atoms in total. The summed E-state index contributed by atoms with van der Waals surface area (Å²) in [5, 5.41) is 3.08. The van der Waals surface area contributed by atoms with E-state index in [1.54, 1.807) is 39.9 Å². The number of hydrogen-bond donors (Lipinski definition) is 0. The van der Waals surface area contributed by atoms with E-state index in [1.807, 2.05) is 91.0 Å². The van der Waals surface area contributed by atoms with E-state index in [1.165, 1.54) is 0 Å². The number of para-hydroxylation sites is 3. The summed E-state index contributed by atoms with van der Waals surface area (Å²) in [7, 11) is 4.96. The standard InChI is InChI=1S/C69H75N3O15/c1-73-61-43-52-40-56-47-65(86-38-32-80-26-23-77-29-35-83-59-17-5-11-50-14-8-20-71-68(50)59)63(75-3)45-54(56)42-57-48-66(87-39-33-81-27-24-78-30-36-84-60-18-6-12-51-15-9-21-72-69(51)60)62(74-2)44-53(57)41-55(52)46-64(61)85-37-31-79-25-22-76-28-34-82-58-16-4-10-49-13-7-19-70-67(49)58/h4-21,43-48H,22-42H2,1-3H3. The summed E-state index contributed by atoms with van der Waals surface area (Å²) in [6, 6.07) is 41.8. The molecule has 0 radical (unpaired) electrons. The average molecular weight is 1190 g/mol. The fourth-order valence-corrected chi connectivity index (χ4v) is 10.2. The maximum atomic E-state index is 6.40. The zero-order chi connectivity index (χ0) is 59.7. The number of aromatic nitrogens is 3. The number of rotatable bonds is 36. The van der Waals surface area contributed by atoms with Gasteiger partial charge in [0.05, 0.1) is 101 Å². The first-order valence-corrected chi connectivity index (χ1v) is 29.4. The number of methoxy groups -OCH3 is 3. The van der Waals surface area contributed by atoms with Gasteiger partial charge >= 0.3 is 0 Å². The molecule has 0 saturated heterocycles. The SMILES string of the molecule is COc1cc2c(cc1OCCOCCOCCOc1cccc3cccnc13)Cc1cc(OC)c(OCCOCCOCCOc3cccc4cccnc34)cc1Cc1cc(OC)c(OCCOCCOCCOc3cccc4cccnc34)cc1C2. The lowest BCUT2D eigenvalue weighted by atomic mass is 9.94. The van der Waals surface area contributed by atoms with E-state index >= 15 is 0 Å². The molecule has 0 unspecified atom stereocenters. The molecule has 9 aromatic rings. The maximum Gasteiger partial charge on any atom is 0.161 e. The second-order valence-electron chi connectivity index (χ2n) is 20.1. The Kier molecular flexibility index (Phi) is 23.3. The van der Waals surface area contributed by atoms with Crippen LogP contribution in [0.15, 0.2) is 146 Å². The van der Waals surface area contributed by atoms with E-state index in [0.29, 0.717) is 173 Å². The minimum Gasteiger partial charge on any atom is -0.493 e. The number of pyridine rings is 3. The highest BCUT2D eigenvalue weighted by molar-refractivity contribution is 5.85. The highest BCUT2D eigenvalue weighted by atomic mass is 16.6. The fraction of sp³-hybridized carbons (Fsp3) is 0.348. The minimum absolute atomic E-state index is 0.299. The molecule has 1 aliphatic carbocycles. The molecule has 3 heterocycles. The van der Waals surface area contributed by atoms with Crippen LogP contribution in [0.5, 0.6) is 51.7 Å². The van der Waals surface area contributed by atoms with Crippen molar-refractivity contribution < 1.29 is 71.1 Å². The van der Waals surface area contributed by atoms with Gasteiger partial charge in [0, 0.05) is 34.7 Å². The van der Waals surface area contributed by atoms with E-state index in [0.717, 1.165) is 83.3 Å². The van der Waals surface area contributed by atoms with E-state index in [-0.39, 0.29) is 0 Å². The Labute approximate surface area is 507 Å². The first kappa shape index (κ1) is 61.6. The number of fused-ring (bicyclic) bond motifs is 6. The van der Waals surface area contributed by atoms with Crippen molar-refractivity contribution in [2.45, 2.75) is 19.3 Å². The van der Waals surface area contributed by atoms with Crippen LogP contribution >= 0.6 is 0 Å². The summed E-state index contributed by atoms with van der Waals surface area (Å²) >= 11 is 0. The van der Waals surface area contributed by atoms with Gasteiger partial charge in [-0.1, -0.05) is 54.6 Å². The van der Waals surface area contributed by atoms with Crippen molar-refractivity contribution >= 4 is 32.7 Å². The Morgan fingerprint density at radius 3 is 0.724 bits per heavy atom. The van der Waals surface area contributed by atoms with E-state index < -0.39 is 0 Å². The molecule has 0 fully saturated rings. The number of hydrogen-bond acceptors (Lipinski definition) is 18. The zero-order valence-electron chi connectivity index (χ0n) is 49.7. The Balaban J connectivity index is 0.746. The number of benzene rings is 6. The van der Waals surface area contributed by atoms with Crippen molar-refractivity contribution in [1.29, 1.82) is 0 Å². The van der Waals surface area contributed by atoms with E-state index in [2.05, 4.69) is 51.4 Å². The normalized spacial score (nSPS) is 11.9. The quantitative estimate of drug-likeness (QED) is 0.0338. The average Bonchev–Trinajstić information content (AvgIpc) is 3.92. The molecule has 87 heavy (non-hydrogen) atoms. The van der Waals surface area contributed by atoms with Crippen molar-refractivity contribution in [3.8, 4) is 51.7 Å². The Morgan fingerprint density at radius 2 is 0.471 bits per heavy atom. The first-order chi connectivity index (χ1) is 43.0. The molecule has 18 heteroatoms. The van der Waals surface area contributed by atoms with E-state index in [9.17, 15) is 0 Å². The minimum atomic E-state index is 0.299. The Bertz CT molecular complexity index is 3230. The summed E-state index contributed by atoms with van der Waals surface area (Å²) in [5.41, 5.74) is 8.86. The molecule has 1 aliphatic rings. The van der Waals surface area contributed by atoms with Gasteiger partial charge in [-0.25, -0.2) is 0 Å². The van der Waals surface area contributed by atoms with Gasteiger partial charge in [-0.2, -0.15) is 0 Å². The number of ether oxygens (including phenoxy) is 15. The van der Waals surface area contributed by atoms with Gasteiger partial charge in [-0.05, 0) is 125 Å². The van der Waals surface area contributed by atoms with Gasteiger partial charge < -0.3 is 71.1 Å². The van der Waals surface area contributed by atoms with Crippen LogP contribution in [0, 0.1) is 0 Å². The monoisotopic (exact) mass is 1190 g/mol. The van der Waals surface area contributed by atoms with Crippen LogP contribution < -0.4 is 42.6 Å². The van der Waals surface area contributed by atoms with Crippen LogP contribution in [0.3, 0.4) is 0 Å². The molecule has 0 spiro atoms. The molecule has 0 aliphatic heterocycles. The lowest BCUT2D eigenvalue weighted by Crippen LogP contribution is -2.14. The van der Waals surface area contributed by atoms with E-state index in [4.69, 9.17) is 71.1 Å². The third-order valence-corrected chi connectivity index (χ3v) is 14.4. The van der Waals surface area contributed by atoms with Gasteiger partial charge in [-0.3, -0.25) is 15.0 Å². The summed E-state index contributed by atoms with van der Waals surface area (Å²) < 4.78 is 90.2. The molecule has 10 rings (SSSR count). The van der Waals surface area contributed by atoms with Gasteiger partial charge in [-0.15, -0.1) is 0 Å². The van der Waals surface area contributed by atoms with Gasteiger partial charge in [0.2, 0.25) is 0 Å². The van der Waals surface area contributed by atoms with Crippen molar-refractivity contribution in [3.05, 3.63) is 179 Å². The highest BCUT2D eigenvalue weighted by Crippen LogP contribution is 2.41. The molecule has 3 aromatic heterocycles. The van der Waals surface area contributed by atoms with Crippen LogP contribution in [-0.2, 0) is 47.7 Å². The predicted molar refractivity (Wildman–Crippen MR) is 331 cm³/mol. The van der Waals surface area contributed by atoms with Crippen LogP contribution in [0.4, 0.5) is 0 Å². The van der Waals surface area contributed by atoms with Crippen molar-refractivity contribution in [2.75, 3.05) is 140 Å². The highest BCUT2D eigenvalue weighted by Gasteiger charge is 2.23. The largest absolute Gasteiger partial charge is 0.493 e. The first-order valence-electron chi connectivity index (χ1n) is 29.4. The third kappa shape index (κ3) is 17.4. The Hall–Kier alpha value is -8.49. The van der Waals surface area contributed by atoms with Crippen molar-refractivity contribution in [3.63, 3.8) is 0 Å². The Morgan fingerprint density at radius 1 is 0.253 bits per heavy atom.